The molecule has 0 aliphatic rings. The van der Waals surface area contributed by atoms with Gasteiger partial charge in [-0.3, -0.25) is 9.59 Å². The van der Waals surface area contributed by atoms with Gasteiger partial charge in [-0.05, 0) is 23.3 Å². The second-order valence-electron chi connectivity index (χ2n) is 8.23. The van der Waals surface area contributed by atoms with E-state index in [1.165, 1.54) is 12.1 Å². The lowest BCUT2D eigenvalue weighted by Crippen LogP contribution is -2.17. The van der Waals surface area contributed by atoms with Gasteiger partial charge in [0.15, 0.2) is 11.3 Å². The molecule has 5 rings (SSSR count). The minimum Gasteiger partial charge on any atom is -0.365 e. The summed E-state index contributed by atoms with van der Waals surface area (Å²) in [6, 6.07) is 9.82. The second kappa shape index (κ2) is 9.86. The lowest BCUT2D eigenvalue weighted by atomic mass is 10.0. The summed E-state index contributed by atoms with van der Waals surface area (Å²) in [7, 11) is 0. The van der Waals surface area contributed by atoms with Crippen LogP contribution in [0.5, 0.6) is 0 Å². The van der Waals surface area contributed by atoms with E-state index in [0.29, 0.717) is 27.5 Å². The van der Waals surface area contributed by atoms with Crippen molar-refractivity contribution in [2.45, 2.75) is 19.0 Å². The Balaban J connectivity index is 1.68. The summed E-state index contributed by atoms with van der Waals surface area (Å²) in [5.74, 6) is -2.20. The van der Waals surface area contributed by atoms with Crippen LogP contribution in [0.25, 0.3) is 27.0 Å². The van der Waals surface area contributed by atoms with Gasteiger partial charge in [0.05, 0.1) is 5.69 Å². The van der Waals surface area contributed by atoms with E-state index in [-0.39, 0.29) is 26.3 Å². The first kappa shape index (κ1) is 27.0. The number of benzene rings is 1. The smallest absolute Gasteiger partial charge is 0.365 e. The number of rotatable bonds is 6. The monoisotopic (exact) mass is 582 g/mol. The van der Waals surface area contributed by atoms with Gasteiger partial charge < -0.3 is 11.1 Å². The topological polar surface area (TPSA) is 115 Å². The number of fused-ring (bicyclic) bond motifs is 2. The molecule has 0 unspecified atom stereocenters. The Bertz CT molecular complexity index is 1780. The number of nitrogens with zero attached hydrogens (tertiary/aromatic N) is 4. The van der Waals surface area contributed by atoms with Crippen molar-refractivity contribution in [2.24, 2.45) is 5.73 Å². The number of carbonyl (C=O) groups excluding carboxylic acids is 2. The number of halogens is 7. The quantitative estimate of drug-likeness (QED) is 0.230. The van der Waals surface area contributed by atoms with E-state index >= 15 is 0 Å². The van der Waals surface area contributed by atoms with Crippen LogP contribution in [-0.4, -0.2) is 31.4 Å². The molecule has 2 amide bonds. The van der Waals surface area contributed by atoms with Gasteiger partial charge in [0.2, 0.25) is 0 Å². The molecule has 0 aliphatic heterocycles. The molecule has 0 aliphatic carbocycles. The fourth-order valence-corrected chi connectivity index (χ4v) is 4.96. The SMILES string of the molecule is NC(=O)c1sc2nc(C(F)(F)F)cc(-c3ccccc3)c2c1NC(=O)c1cc2nc(C(F)F)cc(C(F)F)n2n1. The Labute approximate surface area is 222 Å². The van der Waals surface area contributed by atoms with Crippen molar-refractivity contribution in [3.05, 3.63) is 76.2 Å². The molecule has 0 saturated carbocycles. The van der Waals surface area contributed by atoms with Gasteiger partial charge in [0.25, 0.3) is 24.7 Å². The third-order valence-electron chi connectivity index (χ3n) is 5.65. The van der Waals surface area contributed by atoms with Crippen LogP contribution in [0.15, 0.2) is 48.5 Å². The number of hydrogen-bond acceptors (Lipinski definition) is 6. The maximum atomic E-state index is 13.6. The van der Waals surface area contributed by atoms with E-state index < -0.39 is 59.3 Å². The highest BCUT2D eigenvalue weighted by atomic mass is 32.1. The molecule has 4 aromatic heterocycles. The highest BCUT2D eigenvalue weighted by Crippen LogP contribution is 2.43. The van der Waals surface area contributed by atoms with Crippen molar-refractivity contribution in [2.75, 3.05) is 5.32 Å². The predicted molar refractivity (Wildman–Crippen MR) is 129 cm³/mol. The van der Waals surface area contributed by atoms with Crippen LogP contribution in [0.1, 0.15) is 50.1 Å². The number of hydrogen-bond donors (Lipinski definition) is 2. The zero-order valence-electron chi connectivity index (χ0n) is 19.5. The van der Waals surface area contributed by atoms with Crippen LogP contribution < -0.4 is 11.1 Å². The fraction of sp³-hybridized carbons (Fsp3) is 0.125. The summed E-state index contributed by atoms with van der Waals surface area (Å²) in [6.45, 7) is 0. The Kier molecular flexibility index (Phi) is 6.65. The summed E-state index contributed by atoms with van der Waals surface area (Å²) in [6.07, 6.45) is -11.3. The molecule has 1 aromatic carbocycles. The van der Waals surface area contributed by atoms with Crippen molar-refractivity contribution < 1.29 is 40.3 Å². The third kappa shape index (κ3) is 4.81. The molecule has 0 spiro atoms. The van der Waals surface area contributed by atoms with Gasteiger partial charge in [-0.25, -0.2) is 32.0 Å². The lowest BCUT2D eigenvalue weighted by Gasteiger charge is -2.12. The number of nitrogens with one attached hydrogen (secondary N) is 1. The highest BCUT2D eigenvalue weighted by molar-refractivity contribution is 7.21. The standard InChI is InChI=1S/C24H13F7N6O2S/c25-19(26)11-7-13(20(27)28)37-15(33-11)8-12(36-37)22(39)35-17-16-10(9-4-2-1-3-5-9)6-14(24(29,30)31)34-23(16)40-18(17)21(32)38/h1-8,19-20H,(H2,32,38)(H,35,39). The Morgan fingerprint density at radius 3 is 2.27 bits per heavy atom. The van der Waals surface area contributed by atoms with E-state index in [2.05, 4.69) is 20.4 Å². The number of aromatic nitrogens is 4. The molecule has 0 bridgehead atoms. The number of primary amides is 1. The normalized spacial score (nSPS) is 12.1. The van der Waals surface area contributed by atoms with Crippen LogP contribution in [0.2, 0.25) is 0 Å². The Hall–Kier alpha value is -4.60. The van der Waals surface area contributed by atoms with Crippen LogP contribution in [0.3, 0.4) is 0 Å². The van der Waals surface area contributed by atoms with E-state index in [0.717, 1.165) is 12.1 Å². The van der Waals surface area contributed by atoms with Crippen LogP contribution in [0, 0.1) is 0 Å². The molecule has 3 N–H and O–H groups in total. The average molecular weight is 582 g/mol. The van der Waals surface area contributed by atoms with Crippen LogP contribution in [0.4, 0.5) is 36.4 Å². The molecular weight excluding hydrogens is 569 g/mol. The molecule has 0 atom stereocenters. The zero-order chi connectivity index (χ0) is 28.9. The maximum Gasteiger partial charge on any atom is 0.433 e. The summed E-state index contributed by atoms with van der Waals surface area (Å²) in [5, 5.41) is 6.05. The molecule has 0 radical (unpaired) electrons. The average Bonchev–Trinajstić information content (AvgIpc) is 3.49. The predicted octanol–water partition coefficient (Wildman–Crippen LogP) is 6.25. The molecule has 16 heteroatoms. The first-order valence-corrected chi connectivity index (χ1v) is 11.8. The molecule has 0 saturated heterocycles. The zero-order valence-corrected chi connectivity index (χ0v) is 20.3. The largest absolute Gasteiger partial charge is 0.433 e. The molecule has 8 nitrogen and oxygen atoms in total. The summed E-state index contributed by atoms with van der Waals surface area (Å²) in [4.78, 5) is 32.0. The molecule has 40 heavy (non-hydrogen) atoms. The minimum absolute atomic E-state index is 0.0322. The maximum absolute atomic E-state index is 13.6. The number of anilines is 1. The highest BCUT2D eigenvalue weighted by Gasteiger charge is 2.35. The lowest BCUT2D eigenvalue weighted by molar-refractivity contribution is -0.140. The van der Waals surface area contributed by atoms with Crippen molar-refractivity contribution in [1.82, 2.24) is 19.6 Å². The molecule has 5 aromatic rings. The fourth-order valence-electron chi connectivity index (χ4n) is 3.96. The van der Waals surface area contributed by atoms with Gasteiger partial charge in [-0.1, -0.05) is 30.3 Å². The Morgan fingerprint density at radius 1 is 0.975 bits per heavy atom. The first-order chi connectivity index (χ1) is 18.8. The molecule has 0 fully saturated rings. The van der Waals surface area contributed by atoms with Gasteiger partial charge >= 0.3 is 6.18 Å². The second-order valence-corrected chi connectivity index (χ2v) is 9.23. The van der Waals surface area contributed by atoms with Gasteiger partial charge in [0, 0.05) is 11.5 Å². The van der Waals surface area contributed by atoms with Gasteiger partial charge in [0.1, 0.15) is 26.8 Å². The van der Waals surface area contributed by atoms with Crippen molar-refractivity contribution in [1.29, 1.82) is 0 Å². The van der Waals surface area contributed by atoms with Crippen molar-refractivity contribution in [3.63, 3.8) is 0 Å². The van der Waals surface area contributed by atoms with E-state index in [1.54, 1.807) is 18.2 Å². The summed E-state index contributed by atoms with van der Waals surface area (Å²) < 4.78 is 94.8. The van der Waals surface area contributed by atoms with E-state index in [1.807, 2.05) is 0 Å². The number of pyridine rings is 1. The van der Waals surface area contributed by atoms with Gasteiger partial charge in [-0.15, -0.1) is 11.3 Å². The molecule has 206 valence electrons. The van der Waals surface area contributed by atoms with Crippen LogP contribution in [-0.2, 0) is 6.18 Å². The van der Waals surface area contributed by atoms with Crippen LogP contribution >= 0.6 is 11.3 Å². The van der Waals surface area contributed by atoms with E-state index in [4.69, 9.17) is 5.73 Å². The number of nitrogens with two attached hydrogens (primary N) is 1. The van der Waals surface area contributed by atoms with E-state index in [9.17, 15) is 40.3 Å². The minimum atomic E-state index is -4.85. The van der Waals surface area contributed by atoms with Crippen molar-refractivity contribution in [3.8, 4) is 11.1 Å². The number of alkyl halides is 7. The first-order valence-electron chi connectivity index (χ1n) is 11.0. The molecule has 4 heterocycles. The number of carbonyl (C=O) groups is 2. The Morgan fingerprint density at radius 2 is 1.68 bits per heavy atom. The van der Waals surface area contributed by atoms with Crippen molar-refractivity contribution >= 4 is 44.7 Å². The van der Waals surface area contributed by atoms with Gasteiger partial charge in [-0.2, -0.15) is 18.3 Å². The third-order valence-corrected chi connectivity index (χ3v) is 6.75. The number of thiophene rings is 1. The number of amides is 2. The summed E-state index contributed by atoms with van der Waals surface area (Å²) >= 11 is 0.504. The molecular formula is C24H13F7N6O2S. The summed E-state index contributed by atoms with van der Waals surface area (Å²) in [5.41, 5.74) is 1.22.